The van der Waals surface area contributed by atoms with Crippen molar-refractivity contribution in [3.05, 3.63) is 116 Å². The van der Waals surface area contributed by atoms with E-state index in [0.29, 0.717) is 33.5 Å². The summed E-state index contributed by atoms with van der Waals surface area (Å²) in [5.74, 6) is 0.0416. The van der Waals surface area contributed by atoms with Crippen LogP contribution in [0.2, 0.25) is 0 Å². The topological polar surface area (TPSA) is 105 Å². The molecule has 3 rings (SSSR count). The highest BCUT2D eigenvalue weighted by atomic mass is 79.9. The maximum atomic E-state index is 12.6. The molecule has 7 nitrogen and oxygen atoms in total. The zero-order valence-electron chi connectivity index (χ0n) is 19.0. The first-order valence-corrected chi connectivity index (χ1v) is 11.4. The number of nitro benzene ring substituents is 1. The second-order valence-corrected chi connectivity index (χ2v) is 8.54. The number of carbonyl (C=O) groups is 1. The van der Waals surface area contributed by atoms with Gasteiger partial charge in [0.05, 0.1) is 9.40 Å². The van der Waals surface area contributed by atoms with Crippen molar-refractivity contribution in [3.63, 3.8) is 0 Å². The molecule has 35 heavy (non-hydrogen) atoms. The van der Waals surface area contributed by atoms with Gasteiger partial charge in [-0.05, 0) is 76.3 Å². The third-order valence-corrected chi connectivity index (χ3v) is 5.59. The van der Waals surface area contributed by atoms with Gasteiger partial charge in [-0.25, -0.2) is 0 Å². The number of allylic oxidation sites excluding steroid dienone is 1. The van der Waals surface area contributed by atoms with E-state index in [1.165, 1.54) is 18.2 Å². The lowest BCUT2D eigenvalue weighted by Gasteiger charge is -2.14. The molecular formula is C27H22BrN3O4. The van der Waals surface area contributed by atoms with E-state index in [9.17, 15) is 20.2 Å². The molecule has 0 unspecified atom stereocenters. The highest BCUT2D eigenvalue weighted by Gasteiger charge is 2.14. The number of nitrogens with zero attached hydrogens (tertiary/aromatic N) is 2. The van der Waals surface area contributed by atoms with Gasteiger partial charge in [0, 0.05) is 17.8 Å². The second-order valence-electron chi connectivity index (χ2n) is 7.69. The summed E-state index contributed by atoms with van der Waals surface area (Å²) in [6.07, 6.45) is 3.69. The van der Waals surface area contributed by atoms with E-state index in [0.717, 1.165) is 11.1 Å². The zero-order valence-corrected chi connectivity index (χ0v) is 20.5. The van der Waals surface area contributed by atoms with Crippen LogP contribution in [0.15, 0.2) is 83.4 Å². The van der Waals surface area contributed by atoms with Gasteiger partial charge >= 0.3 is 0 Å². The van der Waals surface area contributed by atoms with Crippen LogP contribution in [0, 0.1) is 28.4 Å². The van der Waals surface area contributed by atoms with Gasteiger partial charge in [0.25, 0.3) is 11.6 Å². The van der Waals surface area contributed by atoms with Gasteiger partial charge in [0.15, 0.2) is 0 Å². The number of benzene rings is 3. The van der Waals surface area contributed by atoms with Crippen LogP contribution < -0.4 is 10.1 Å². The predicted molar refractivity (Wildman–Crippen MR) is 139 cm³/mol. The number of non-ortho nitro benzene ring substituents is 1. The molecule has 0 aromatic heterocycles. The SMILES string of the molecule is C=CCc1cc(/C=C(/C#N)C(=O)Nc2ccc(C)cc2)cc(Br)c1OCc1cccc([N+](=O)[O-])c1. The molecular weight excluding hydrogens is 510 g/mol. The van der Waals surface area contributed by atoms with Crippen LogP contribution >= 0.6 is 15.9 Å². The molecule has 0 spiro atoms. The Bertz CT molecular complexity index is 1340. The molecule has 0 aliphatic carbocycles. The van der Waals surface area contributed by atoms with Gasteiger partial charge in [0.2, 0.25) is 0 Å². The molecule has 0 bridgehead atoms. The van der Waals surface area contributed by atoms with Gasteiger partial charge in [-0.1, -0.05) is 35.9 Å². The maximum absolute atomic E-state index is 12.6. The molecule has 1 N–H and O–H groups in total. The highest BCUT2D eigenvalue weighted by Crippen LogP contribution is 2.33. The standard InChI is InChI=1S/C27H22BrN3O4/c1-3-5-21-12-20(13-22(16-29)27(32)30-23-10-8-18(2)9-11-23)15-25(28)26(21)35-17-19-6-4-7-24(14-19)31(33)34/h3-4,6-15H,1,5,17H2,2H3,(H,30,32)/b22-13-. The lowest BCUT2D eigenvalue weighted by molar-refractivity contribution is -0.384. The molecule has 176 valence electrons. The van der Waals surface area contributed by atoms with Crippen molar-refractivity contribution in [1.29, 1.82) is 5.26 Å². The quantitative estimate of drug-likeness (QED) is 0.111. The molecule has 0 atom stereocenters. The van der Waals surface area contributed by atoms with Crippen LogP contribution in [0.4, 0.5) is 11.4 Å². The van der Waals surface area contributed by atoms with Crippen LogP contribution in [-0.4, -0.2) is 10.8 Å². The first-order chi connectivity index (χ1) is 16.8. The van der Waals surface area contributed by atoms with E-state index in [1.807, 2.05) is 31.2 Å². The summed E-state index contributed by atoms with van der Waals surface area (Å²) in [6.45, 7) is 5.86. The second kappa shape index (κ2) is 11.8. The monoisotopic (exact) mass is 531 g/mol. The van der Waals surface area contributed by atoms with Gasteiger partial charge in [-0.15, -0.1) is 6.58 Å². The minimum Gasteiger partial charge on any atom is -0.487 e. The van der Waals surface area contributed by atoms with E-state index in [1.54, 1.807) is 36.4 Å². The number of nitriles is 1. The number of nitrogens with one attached hydrogen (secondary N) is 1. The van der Waals surface area contributed by atoms with Crippen LogP contribution in [0.1, 0.15) is 22.3 Å². The number of hydrogen-bond acceptors (Lipinski definition) is 5. The summed E-state index contributed by atoms with van der Waals surface area (Å²) in [6, 6.07) is 19.0. The first kappa shape index (κ1) is 25.4. The fourth-order valence-corrected chi connectivity index (χ4v) is 3.93. The van der Waals surface area contributed by atoms with E-state index in [-0.39, 0.29) is 17.9 Å². The summed E-state index contributed by atoms with van der Waals surface area (Å²) in [5, 5.41) is 23.3. The normalized spacial score (nSPS) is 10.8. The molecule has 0 fully saturated rings. The van der Waals surface area contributed by atoms with Crippen molar-refractivity contribution in [2.24, 2.45) is 0 Å². The Morgan fingerprint density at radius 2 is 1.97 bits per heavy atom. The summed E-state index contributed by atoms with van der Waals surface area (Å²) in [5.41, 5.74) is 3.66. The van der Waals surface area contributed by atoms with Crippen LogP contribution in [0.5, 0.6) is 5.75 Å². The Labute approximate surface area is 211 Å². The summed E-state index contributed by atoms with van der Waals surface area (Å²) in [4.78, 5) is 23.2. The van der Waals surface area contributed by atoms with E-state index in [2.05, 4.69) is 27.8 Å². The molecule has 0 saturated heterocycles. The van der Waals surface area contributed by atoms with Crippen molar-refractivity contribution in [2.75, 3.05) is 5.32 Å². The number of halogens is 1. The van der Waals surface area contributed by atoms with Crippen molar-refractivity contribution in [2.45, 2.75) is 20.0 Å². The number of nitro groups is 1. The molecule has 0 aliphatic heterocycles. The van der Waals surface area contributed by atoms with E-state index >= 15 is 0 Å². The number of amides is 1. The van der Waals surface area contributed by atoms with Crippen molar-refractivity contribution < 1.29 is 14.5 Å². The summed E-state index contributed by atoms with van der Waals surface area (Å²) in [7, 11) is 0. The number of carbonyl (C=O) groups excluding carboxylic acids is 1. The molecule has 3 aromatic carbocycles. The third-order valence-electron chi connectivity index (χ3n) is 5.00. The minimum absolute atomic E-state index is 0.00934. The molecule has 0 radical (unpaired) electrons. The lowest BCUT2D eigenvalue weighted by Crippen LogP contribution is -2.13. The number of aryl methyl sites for hydroxylation is 1. The molecule has 0 saturated carbocycles. The summed E-state index contributed by atoms with van der Waals surface area (Å²) < 4.78 is 6.60. The Balaban J connectivity index is 1.84. The number of rotatable bonds is 9. The lowest BCUT2D eigenvalue weighted by atomic mass is 10.0. The zero-order chi connectivity index (χ0) is 25.4. The van der Waals surface area contributed by atoms with E-state index < -0.39 is 10.8 Å². The smallest absolute Gasteiger partial charge is 0.269 e. The molecule has 8 heteroatoms. The van der Waals surface area contributed by atoms with Crippen molar-refractivity contribution >= 4 is 39.3 Å². The summed E-state index contributed by atoms with van der Waals surface area (Å²) >= 11 is 3.51. The number of ether oxygens (including phenoxy) is 1. The average Bonchev–Trinajstić information content (AvgIpc) is 2.83. The average molecular weight is 532 g/mol. The fraction of sp³-hybridized carbons (Fsp3) is 0.111. The van der Waals surface area contributed by atoms with Crippen LogP contribution in [-0.2, 0) is 17.8 Å². The van der Waals surface area contributed by atoms with Crippen molar-refractivity contribution in [1.82, 2.24) is 0 Å². The molecule has 0 heterocycles. The third kappa shape index (κ3) is 6.88. The van der Waals surface area contributed by atoms with Gasteiger partial charge < -0.3 is 10.1 Å². The van der Waals surface area contributed by atoms with Crippen molar-refractivity contribution in [3.8, 4) is 11.8 Å². The molecule has 0 aliphatic rings. The Hall–Kier alpha value is -4.22. The number of anilines is 1. The molecule has 1 amide bonds. The van der Waals surface area contributed by atoms with Crippen LogP contribution in [0.25, 0.3) is 6.08 Å². The van der Waals surface area contributed by atoms with E-state index in [4.69, 9.17) is 4.74 Å². The van der Waals surface area contributed by atoms with Gasteiger partial charge in [-0.2, -0.15) is 5.26 Å². The van der Waals surface area contributed by atoms with Gasteiger partial charge in [-0.3, -0.25) is 14.9 Å². The Kier molecular flexibility index (Phi) is 8.54. The highest BCUT2D eigenvalue weighted by molar-refractivity contribution is 9.10. The molecule has 3 aromatic rings. The Morgan fingerprint density at radius 3 is 2.63 bits per heavy atom. The number of hydrogen-bond donors (Lipinski definition) is 1. The first-order valence-electron chi connectivity index (χ1n) is 10.6. The predicted octanol–water partition coefficient (Wildman–Crippen LogP) is 6.52. The maximum Gasteiger partial charge on any atom is 0.269 e. The Morgan fingerprint density at radius 1 is 1.23 bits per heavy atom. The fourth-order valence-electron chi connectivity index (χ4n) is 3.29. The minimum atomic E-state index is -0.510. The largest absolute Gasteiger partial charge is 0.487 e. The van der Waals surface area contributed by atoms with Gasteiger partial charge in [0.1, 0.15) is 24.0 Å². The van der Waals surface area contributed by atoms with Crippen LogP contribution in [0.3, 0.4) is 0 Å².